The Kier molecular flexibility index (Phi) is 5.88. The van der Waals surface area contributed by atoms with Crippen LogP contribution in [-0.2, 0) is 14.8 Å². The lowest BCUT2D eigenvalue weighted by molar-refractivity contribution is -0.131. The van der Waals surface area contributed by atoms with Crippen molar-refractivity contribution in [2.75, 3.05) is 13.1 Å². The van der Waals surface area contributed by atoms with Crippen molar-refractivity contribution in [3.63, 3.8) is 0 Å². The first-order chi connectivity index (χ1) is 14.5. The van der Waals surface area contributed by atoms with E-state index < -0.39 is 10.0 Å². The third-order valence-corrected chi connectivity index (χ3v) is 7.24. The minimum Gasteiger partial charge on any atom is -0.336 e. The van der Waals surface area contributed by atoms with Gasteiger partial charge in [0.25, 0.3) is 0 Å². The highest BCUT2D eigenvalue weighted by atomic mass is 32.2. The second kappa shape index (κ2) is 8.58. The quantitative estimate of drug-likeness (QED) is 0.648. The summed E-state index contributed by atoms with van der Waals surface area (Å²) in [5.41, 5.74) is 2.36. The zero-order valence-electron chi connectivity index (χ0n) is 17.0. The van der Waals surface area contributed by atoms with E-state index in [1.165, 1.54) is 11.1 Å². The van der Waals surface area contributed by atoms with E-state index in [1.807, 2.05) is 41.3 Å². The normalized spacial score (nSPS) is 16.8. The second-order valence-electron chi connectivity index (χ2n) is 7.76. The number of hydrogen-bond acceptors (Lipinski definition) is 3. The van der Waals surface area contributed by atoms with E-state index >= 15 is 0 Å². The Bertz CT molecular complexity index is 1170. The van der Waals surface area contributed by atoms with Crippen LogP contribution >= 0.6 is 0 Å². The van der Waals surface area contributed by atoms with Crippen LogP contribution in [0.15, 0.2) is 71.6 Å². The number of carbonyl (C=O) groups is 1. The maximum Gasteiger partial charge on any atom is 0.240 e. The standard InChI is InChI=1S/C24H26N2O3S/c1-18-7-2-5-10-22(18)23-11-6-16-26(23)24(27)14-15-25-30(28,29)21-13-12-19-8-3-4-9-20(19)17-21/h2-5,7-10,12-13,17,23,25H,6,11,14-16H2,1H3. The fourth-order valence-corrected chi connectivity index (χ4v) is 5.27. The summed E-state index contributed by atoms with van der Waals surface area (Å²) >= 11 is 0. The van der Waals surface area contributed by atoms with Crippen molar-refractivity contribution < 1.29 is 13.2 Å². The van der Waals surface area contributed by atoms with Crippen molar-refractivity contribution in [2.24, 2.45) is 0 Å². The Morgan fingerprint density at radius 3 is 2.57 bits per heavy atom. The molecule has 5 nitrogen and oxygen atoms in total. The lowest BCUT2D eigenvalue weighted by Gasteiger charge is -2.26. The number of sulfonamides is 1. The van der Waals surface area contributed by atoms with Crippen molar-refractivity contribution >= 4 is 26.7 Å². The molecule has 0 radical (unpaired) electrons. The van der Waals surface area contributed by atoms with Crippen molar-refractivity contribution in [1.29, 1.82) is 0 Å². The minimum absolute atomic E-state index is 0.0121. The average Bonchev–Trinajstić information content (AvgIpc) is 3.23. The number of fused-ring (bicyclic) bond motifs is 1. The highest BCUT2D eigenvalue weighted by Crippen LogP contribution is 2.34. The molecule has 1 atom stereocenters. The molecular weight excluding hydrogens is 396 g/mol. The van der Waals surface area contributed by atoms with Gasteiger partial charge in [0.05, 0.1) is 10.9 Å². The van der Waals surface area contributed by atoms with Gasteiger partial charge in [0.15, 0.2) is 0 Å². The first-order valence-corrected chi connectivity index (χ1v) is 11.8. The van der Waals surface area contributed by atoms with Crippen LogP contribution in [-0.4, -0.2) is 32.3 Å². The first-order valence-electron chi connectivity index (χ1n) is 10.3. The van der Waals surface area contributed by atoms with Crippen molar-refractivity contribution in [2.45, 2.75) is 37.1 Å². The zero-order valence-corrected chi connectivity index (χ0v) is 17.9. The minimum atomic E-state index is -3.66. The molecule has 0 saturated carbocycles. The summed E-state index contributed by atoms with van der Waals surface area (Å²) in [6.45, 7) is 2.87. The third-order valence-electron chi connectivity index (χ3n) is 5.78. The van der Waals surface area contributed by atoms with Gasteiger partial charge < -0.3 is 4.90 Å². The van der Waals surface area contributed by atoms with Crippen LogP contribution in [0.25, 0.3) is 10.8 Å². The summed E-state index contributed by atoms with van der Waals surface area (Å²) in [5.74, 6) is -0.0121. The molecule has 6 heteroatoms. The first kappa shape index (κ1) is 20.6. The van der Waals surface area contributed by atoms with Crippen LogP contribution in [0.4, 0.5) is 0 Å². The van der Waals surface area contributed by atoms with Gasteiger partial charge in [-0.1, -0.05) is 54.6 Å². The number of nitrogens with zero attached hydrogens (tertiary/aromatic N) is 1. The smallest absolute Gasteiger partial charge is 0.240 e. The summed E-state index contributed by atoms with van der Waals surface area (Å²) in [6.07, 6.45) is 2.06. The number of hydrogen-bond donors (Lipinski definition) is 1. The zero-order chi connectivity index (χ0) is 21.1. The van der Waals surface area contributed by atoms with Gasteiger partial charge in [0.1, 0.15) is 0 Å². The van der Waals surface area contributed by atoms with Gasteiger partial charge in [-0.3, -0.25) is 4.79 Å². The molecule has 4 rings (SSSR count). The largest absolute Gasteiger partial charge is 0.336 e. The number of rotatable bonds is 6. The van der Waals surface area contributed by atoms with Crippen LogP contribution < -0.4 is 4.72 Å². The molecule has 1 fully saturated rings. The summed E-state index contributed by atoms with van der Waals surface area (Å²) in [4.78, 5) is 14.9. The number of carbonyl (C=O) groups excluding carboxylic acids is 1. The molecule has 3 aromatic carbocycles. The van der Waals surface area contributed by atoms with Gasteiger partial charge >= 0.3 is 0 Å². The van der Waals surface area contributed by atoms with E-state index in [0.717, 1.165) is 30.2 Å². The Balaban J connectivity index is 1.40. The number of benzene rings is 3. The SMILES string of the molecule is Cc1ccccc1C1CCCN1C(=O)CCNS(=O)(=O)c1ccc2ccccc2c1. The molecule has 30 heavy (non-hydrogen) atoms. The molecule has 0 bridgehead atoms. The fraction of sp³-hybridized carbons (Fsp3) is 0.292. The lowest BCUT2D eigenvalue weighted by Crippen LogP contribution is -2.34. The molecule has 0 aromatic heterocycles. The average molecular weight is 423 g/mol. The third kappa shape index (κ3) is 4.25. The van der Waals surface area contributed by atoms with Gasteiger partial charge in [0, 0.05) is 19.5 Å². The van der Waals surface area contributed by atoms with Gasteiger partial charge in [-0.05, 0) is 53.8 Å². The van der Waals surface area contributed by atoms with Crippen LogP contribution in [0.3, 0.4) is 0 Å². The van der Waals surface area contributed by atoms with Gasteiger partial charge in [-0.2, -0.15) is 0 Å². The molecule has 1 unspecified atom stereocenters. The van der Waals surface area contributed by atoms with Gasteiger partial charge in [0.2, 0.25) is 15.9 Å². The van der Waals surface area contributed by atoms with E-state index in [2.05, 4.69) is 23.8 Å². The maximum atomic E-state index is 12.8. The molecule has 1 aliphatic rings. The molecule has 1 saturated heterocycles. The van der Waals surface area contributed by atoms with E-state index in [9.17, 15) is 13.2 Å². The highest BCUT2D eigenvalue weighted by Gasteiger charge is 2.30. The molecule has 3 aromatic rings. The van der Waals surface area contributed by atoms with Crippen molar-refractivity contribution in [3.8, 4) is 0 Å². The predicted molar refractivity (Wildman–Crippen MR) is 119 cm³/mol. The molecule has 0 spiro atoms. The Hall–Kier alpha value is -2.70. The monoisotopic (exact) mass is 422 g/mol. The molecule has 0 aliphatic carbocycles. The Morgan fingerprint density at radius 2 is 1.77 bits per heavy atom. The van der Waals surface area contributed by atoms with Crippen molar-refractivity contribution in [1.82, 2.24) is 9.62 Å². The topological polar surface area (TPSA) is 66.5 Å². The van der Waals surface area contributed by atoms with Gasteiger partial charge in [-0.15, -0.1) is 0 Å². The molecule has 156 valence electrons. The summed E-state index contributed by atoms with van der Waals surface area (Å²) in [7, 11) is -3.66. The van der Waals surface area contributed by atoms with E-state index in [4.69, 9.17) is 0 Å². The molecule has 1 N–H and O–H groups in total. The summed E-state index contributed by atoms with van der Waals surface area (Å²) in [6, 6.07) is 20.9. The number of aryl methyl sites for hydroxylation is 1. The van der Waals surface area contributed by atoms with E-state index in [-0.39, 0.29) is 29.8 Å². The summed E-state index contributed by atoms with van der Waals surface area (Å²) < 4.78 is 27.9. The summed E-state index contributed by atoms with van der Waals surface area (Å²) in [5, 5.41) is 1.86. The van der Waals surface area contributed by atoms with E-state index in [0.29, 0.717) is 0 Å². The number of amides is 1. The van der Waals surface area contributed by atoms with Crippen molar-refractivity contribution in [3.05, 3.63) is 77.9 Å². The van der Waals surface area contributed by atoms with Gasteiger partial charge in [-0.25, -0.2) is 13.1 Å². The van der Waals surface area contributed by atoms with Crippen LogP contribution in [0.2, 0.25) is 0 Å². The Morgan fingerprint density at radius 1 is 1.03 bits per heavy atom. The second-order valence-corrected chi connectivity index (χ2v) is 9.53. The number of nitrogens with one attached hydrogen (secondary N) is 1. The molecular formula is C24H26N2O3S. The van der Waals surface area contributed by atoms with Crippen LogP contribution in [0.5, 0.6) is 0 Å². The van der Waals surface area contributed by atoms with Crippen LogP contribution in [0, 0.1) is 6.92 Å². The maximum absolute atomic E-state index is 12.8. The molecule has 1 heterocycles. The van der Waals surface area contributed by atoms with Crippen LogP contribution in [0.1, 0.15) is 36.4 Å². The Labute approximate surface area is 177 Å². The number of likely N-dealkylation sites (tertiary alicyclic amines) is 1. The molecule has 1 aliphatic heterocycles. The molecule has 1 amide bonds. The highest BCUT2D eigenvalue weighted by molar-refractivity contribution is 7.89. The predicted octanol–water partition coefficient (Wildman–Crippen LogP) is 4.18. The fourth-order valence-electron chi connectivity index (χ4n) is 4.20. The van der Waals surface area contributed by atoms with E-state index in [1.54, 1.807) is 18.2 Å². The lowest BCUT2D eigenvalue weighted by atomic mass is 9.99.